The molecule has 0 aliphatic rings. The highest BCUT2D eigenvalue weighted by molar-refractivity contribution is 14.0. The molecule has 3 N–H and O–H groups in total. The first-order valence-electron chi connectivity index (χ1n) is 9.16. The van der Waals surface area contributed by atoms with Gasteiger partial charge in [0, 0.05) is 13.1 Å². The first-order valence-corrected chi connectivity index (χ1v) is 9.16. The number of rotatable bonds is 9. The van der Waals surface area contributed by atoms with Crippen molar-refractivity contribution in [2.24, 2.45) is 4.99 Å². The Morgan fingerprint density at radius 3 is 2.24 bits per heavy atom. The average Bonchev–Trinajstić information content (AvgIpc) is 2.75. The van der Waals surface area contributed by atoms with Crippen molar-refractivity contribution in [3.63, 3.8) is 0 Å². The van der Waals surface area contributed by atoms with Crippen LogP contribution in [0.1, 0.15) is 24.2 Å². The van der Waals surface area contributed by atoms with Gasteiger partial charge in [-0.3, -0.25) is 0 Å². The molecule has 29 heavy (non-hydrogen) atoms. The topological polar surface area (TPSA) is 84.3 Å². The van der Waals surface area contributed by atoms with Crippen molar-refractivity contribution in [2.75, 3.05) is 34.4 Å². The van der Waals surface area contributed by atoms with Crippen molar-refractivity contribution < 1.29 is 19.3 Å². The molecule has 0 spiro atoms. The van der Waals surface area contributed by atoms with Crippen LogP contribution in [-0.4, -0.2) is 45.5 Å². The molecule has 0 amide bonds. The SMILES string of the molecule is CCNC(=NCc1ccc(OC)c(OC)c1)NCC(O)c1ccc(OC)cc1.I. The Balaban J connectivity index is 0.00000420. The van der Waals surface area contributed by atoms with Gasteiger partial charge in [-0.15, -0.1) is 24.0 Å². The first kappa shape index (κ1) is 24.8. The number of benzene rings is 2. The van der Waals surface area contributed by atoms with Crippen molar-refractivity contribution in [3.05, 3.63) is 53.6 Å². The van der Waals surface area contributed by atoms with E-state index in [2.05, 4.69) is 15.6 Å². The van der Waals surface area contributed by atoms with Crippen LogP contribution in [0, 0.1) is 0 Å². The van der Waals surface area contributed by atoms with E-state index in [1.165, 1.54) is 0 Å². The fraction of sp³-hybridized carbons (Fsp3) is 0.381. The van der Waals surface area contributed by atoms with E-state index in [9.17, 15) is 5.11 Å². The number of nitrogens with one attached hydrogen (secondary N) is 2. The zero-order chi connectivity index (χ0) is 20.4. The molecule has 8 heteroatoms. The summed E-state index contributed by atoms with van der Waals surface area (Å²) in [4.78, 5) is 4.57. The largest absolute Gasteiger partial charge is 0.497 e. The van der Waals surface area contributed by atoms with Gasteiger partial charge in [0.25, 0.3) is 0 Å². The van der Waals surface area contributed by atoms with E-state index < -0.39 is 6.10 Å². The lowest BCUT2D eigenvalue weighted by molar-refractivity contribution is 0.180. The second kappa shape index (κ2) is 13.1. The molecule has 0 bridgehead atoms. The Bertz CT molecular complexity index is 769. The smallest absolute Gasteiger partial charge is 0.191 e. The number of ether oxygens (including phenoxy) is 3. The molecule has 0 aliphatic carbocycles. The summed E-state index contributed by atoms with van der Waals surface area (Å²) in [6.07, 6.45) is -0.657. The van der Waals surface area contributed by atoms with E-state index in [0.717, 1.165) is 23.4 Å². The third-order valence-corrected chi connectivity index (χ3v) is 4.18. The Morgan fingerprint density at radius 2 is 1.66 bits per heavy atom. The molecule has 2 aromatic carbocycles. The minimum atomic E-state index is -0.657. The molecule has 2 aromatic rings. The predicted octanol–water partition coefficient (Wildman–Crippen LogP) is 3.12. The lowest BCUT2D eigenvalue weighted by Gasteiger charge is -2.16. The normalized spacial score (nSPS) is 11.8. The number of halogens is 1. The molecule has 160 valence electrons. The van der Waals surface area contributed by atoms with Gasteiger partial charge in [0.05, 0.1) is 34.0 Å². The third kappa shape index (κ3) is 7.62. The summed E-state index contributed by atoms with van der Waals surface area (Å²) in [5, 5.41) is 16.7. The number of aliphatic imine (C=N–C) groups is 1. The minimum absolute atomic E-state index is 0. The molecule has 7 nitrogen and oxygen atoms in total. The van der Waals surface area contributed by atoms with Gasteiger partial charge >= 0.3 is 0 Å². The molecular weight excluding hydrogens is 485 g/mol. The standard InChI is InChI=1S/C21H29N3O4.HI/c1-5-22-21(23-13-15-6-11-19(27-3)20(12-15)28-4)24-14-18(25)16-7-9-17(26-2)10-8-16;/h6-12,18,25H,5,13-14H2,1-4H3,(H2,22,23,24);1H. The van der Waals surface area contributed by atoms with Gasteiger partial charge in [0.15, 0.2) is 17.5 Å². The van der Waals surface area contributed by atoms with Crippen LogP contribution >= 0.6 is 24.0 Å². The molecule has 0 saturated heterocycles. The molecule has 0 saturated carbocycles. The van der Waals surface area contributed by atoms with Crippen molar-refractivity contribution in [1.82, 2.24) is 10.6 Å². The molecule has 1 unspecified atom stereocenters. The van der Waals surface area contributed by atoms with Crippen LogP contribution in [-0.2, 0) is 6.54 Å². The average molecular weight is 515 g/mol. The van der Waals surface area contributed by atoms with Crippen molar-refractivity contribution in [3.8, 4) is 17.2 Å². The molecule has 2 rings (SSSR count). The Labute approximate surface area is 189 Å². The van der Waals surface area contributed by atoms with Gasteiger partial charge in [-0.2, -0.15) is 0 Å². The number of hydrogen-bond donors (Lipinski definition) is 3. The summed E-state index contributed by atoms with van der Waals surface area (Å²) in [6, 6.07) is 13.1. The van der Waals surface area contributed by atoms with Gasteiger partial charge in [-0.1, -0.05) is 18.2 Å². The van der Waals surface area contributed by atoms with Crippen LogP contribution in [0.2, 0.25) is 0 Å². The highest BCUT2D eigenvalue weighted by atomic mass is 127. The van der Waals surface area contributed by atoms with Gasteiger partial charge in [-0.05, 0) is 42.3 Å². The van der Waals surface area contributed by atoms with E-state index >= 15 is 0 Å². The fourth-order valence-corrected chi connectivity index (χ4v) is 2.63. The summed E-state index contributed by atoms with van der Waals surface area (Å²) in [6.45, 7) is 3.52. The summed E-state index contributed by atoms with van der Waals surface area (Å²) < 4.78 is 15.7. The molecule has 0 aromatic heterocycles. The maximum absolute atomic E-state index is 10.4. The van der Waals surface area contributed by atoms with Crippen molar-refractivity contribution >= 4 is 29.9 Å². The maximum Gasteiger partial charge on any atom is 0.191 e. The third-order valence-electron chi connectivity index (χ3n) is 4.18. The first-order chi connectivity index (χ1) is 13.6. The number of aliphatic hydroxyl groups is 1. The minimum Gasteiger partial charge on any atom is -0.497 e. The van der Waals surface area contributed by atoms with E-state index in [1.807, 2.05) is 49.4 Å². The van der Waals surface area contributed by atoms with Gasteiger partial charge in [0.1, 0.15) is 5.75 Å². The Hall–Kier alpha value is -2.20. The Kier molecular flexibility index (Phi) is 11.2. The number of methoxy groups -OCH3 is 3. The lowest BCUT2D eigenvalue weighted by Crippen LogP contribution is -2.39. The summed E-state index contributed by atoms with van der Waals surface area (Å²) in [5.74, 6) is 2.74. The second-order valence-corrected chi connectivity index (χ2v) is 6.05. The van der Waals surface area contributed by atoms with Gasteiger partial charge in [-0.25, -0.2) is 4.99 Å². The van der Waals surface area contributed by atoms with Crippen LogP contribution in [0.5, 0.6) is 17.2 Å². The summed E-state index contributed by atoms with van der Waals surface area (Å²) >= 11 is 0. The number of nitrogens with zero attached hydrogens (tertiary/aromatic N) is 1. The molecule has 1 atom stereocenters. The zero-order valence-electron chi connectivity index (χ0n) is 17.3. The molecular formula is C21H30IN3O4. The van der Waals surface area contributed by atoms with Gasteiger partial charge in [0.2, 0.25) is 0 Å². The van der Waals surface area contributed by atoms with E-state index in [0.29, 0.717) is 30.5 Å². The van der Waals surface area contributed by atoms with Gasteiger partial charge < -0.3 is 30.0 Å². The zero-order valence-corrected chi connectivity index (χ0v) is 19.6. The molecule has 0 heterocycles. The van der Waals surface area contributed by atoms with E-state index in [1.54, 1.807) is 21.3 Å². The molecule has 0 aliphatic heterocycles. The van der Waals surface area contributed by atoms with Crippen LogP contribution in [0.25, 0.3) is 0 Å². The highest BCUT2D eigenvalue weighted by Gasteiger charge is 2.09. The van der Waals surface area contributed by atoms with Crippen LogP contribution in [0.15, 0.2) is 47.5 Å². The molecule has 0 radical (unpaired) electrons. The Morgan fingerprint density at radius 1 is 0.966 bits per heavy atom. The highest BCUT2D eigenvalue weighted by Crippen LogP contribution is 2.27. The summed E-state index contributed by atoms with van der Waals surface area (Å²) in [7, 11) is 4.83. The van der Waals surface area contributed by atoms with E-state index in [-0.39, 0.29) is 24.0 Å². The quantitative estimate of drug-likeness (QED) is 0.271. The fourth-order valence-electron chi connectivity index (χ4n) is 2.63. The van der Waals surface area contributed by atoms with E-state index in [4.69, 9.17) is 14.2 Å². The second-order valence-electron chi connectivity index (χ2n) is 6.05. The van der Waals surface area contributed by atoms with Crippen LogP contribution in [0.3, 0.4) is 0 Å². The monoisotopic (exact) mass is 515 g/mol. The molecule has 0 fully saturated rings. The van der Waals surface area contributed by atoms with Crippen LogP contribution in [0.4, 0.5) is 0 Å². The predicted molar refractivity (Wildman–Crippen MR) is 126 cm³/mol. The number of aliphatic hydroxyl groups excluding tert-OH is 1. The van der Waals surface area contributed by atoms with Crippen molar-refractivity contribution in [2.45, 2.75) is 19.6 Å². The van der Waals surface area contributed by atoms with Crippen LogP contribution < -0.4 is 24.8 Å². The lowest BCUT2D eigenvalue weighted by atomic mass is 10.1. The summed E-state index contributed by atoms with van der Waals surface area (Å²) in [5.41, 5.74) is 1.80. The number of hydrogen-bond acceptors (Lipinski definition) is 5. The van der Waals surface area contributed by atoms with Crippen molar-refractivity contribution in [1.29, 1.82) is 0 Å². The maximum atomic E-state index is 10.4. The number of guanidine groups is 1.